The van der Waals surface area contributed by atoms with Gasteiger partial charge in [-0.05, 0) is 19.8 Å². The average molecular weight is 205 g/mol. The highest BCUT2D eigenvalue weighted by Gasteiger charge is 2.69. The fourth-order valence-corrected chi connectivity index (χ4v) is 2.39. The van der Waals surface area contributed by atoms with Crippen LogP contribution >= 0.6 is 0 Å². The Hall–Kier alpha value is -0.220. The maximum Gasteiger partial charge on any atom is 0.254 e. The minimum absolute atomic E-state index is 0.0222. The Balaban J connectivity index is 2.05. The lowest BCUT2D eigenvalue weighted by Crippen LogP contribution is -2.48. The fraction of sp³-hybridized carbons (Fsp3) is 1.00. The van der Waals surface area contributed by atoms with Crippen LogP contribution in [0.5, 0.6) is 0 Å². The molecule has 0 aromatic rings. The van der Waals surface area contributed by atoms with Gasteiger partial charge < -0.3 is 10.5 Å². The second kappa shape index (κ2) is 2.67. The highest BCUT2D eigenvalue weighted by atomic mass is 19.3. The summed E-state index contributed by atoms with van der Waals surface area (Å²) < 4.78 is 31.4. The van der Waals surface area contributed by atoms with Crippen molar-refractivity contribution in [2.45, 2.75) is 50.7 Å². The zero-order chi connectivity index (χ0) is 10.6. The number of nitrogens with two attached hydrogens (primary N) is 1. The Bertz CT molecular complexity index is 259. The van der Waals surface area contributed by atoms with Gasteiger partial charge in [-0.2, -0.15) is 0 Å². The molecule has 1 aliphatic carbocycles. The second-order valence-corrected chi connectivity index (χ2v) is 5.11. The molecule has 14 heavy (non-hydrogen) atoms. The first-order chi connectivity index (χ1) is 6.29. The Kier molecular flexibility index (Phi) is 1.96. The summed E-state index contributed by atoms with van der Waals surface area (Å²) in [6.45, 7) is 4.09. The standard InChI is InChI=1S/C10H17F2NO/c1-7-9(13,3-4-14-7)5-8(2)6-10(8,11)12/h7H,3-6,13H2,1-2H3. The van der Waals surface area contributed by atoms with E-state index >= 15 is 0 Å². The van der Waals surface area contributed by atoms with Crippen LogP contribution in [-0.2, 0) is 4.74 Å². The van der Waals surface area contributed by atoms with Gasteiger partial charge in [-0.1, -0.05) is 6.92 Å². The summed E-state index contributed by atoms with van der Waals surface area (Å²) in [7, 11) is 0. The summed E-state index contributed by atoms with van der Waals surface area (Å²) in [5, 5.41) is 0. The van der Waals surface area contributed by atoms with Crippen molar-refractivity contribution in [3.05, 3.63) is 0 Å². The molecular weight excluding hydrogens is 188 g/mol. The molecule has 1 heterocycles. The first-order valence-electron chi connectivity index (χ1n) is 5.07. The van der Waals surface area contributed by atoms with Gasteiger partial charge >= 0.3 is 0 Å². The van der Waals surface area contributed by atoms with Gasteiger partial charge in [0.1, 0.15) is 0 Å². The quantitative estimate of drug-likeness (QED) is 0.747. The van der Waals surface area contributed by atoms with E-state index in [1.807, 2.05) is 6.92 Å². The molecule has 1 saturated heterocycles. The lowest BCUT2D eigenvalue weighted by atomic mass is 9.82. The van der Waals surface area contributed by atoms with Crippen molar-refractivity contribution in [2.24, 2.45) is 11.1 Å². The highest BCUT2D eigenvalue weighted by Crippen LogP contribution is 2.64. The van der Waals surface area contributed by atoms with Gasteiger partial charge in [0.2, 0.25) is 0 Å². The highest BCUT2D eigenvalue weighted by molar-refractivity contribution is 5.13. The molecule has 1 saturated carbocycles. The van der Waals surface area contributed by atoms with Crippen LogP contribution in [0.25, 0.3) is 0 Å². The molecule has 2 aliphatic rings. The molecule has 2 nitrogen and oxygen atoms in total. The predicted octanol–water partition coefficient (Wildman–Crippen LogP) is 1.93. The maximum atomic E-state index is 13.0. The van der Waals surface area contributed by atoms with E-state index < -0.39 is 16.9 Å². The van der Waals surface area contributed by atoms with Crippen molar-refractivity contribution >= 4 is 0 Å². The van der Waals surface area contributed by atoms with E-state index in [-0.39, 0.29) is 12.5 Å². The molecule has 3 unspecified atom stereocenters. The Morgan fingerprint density at radius 2 is 2.07 bits per heavy atom. The van der Waals surface area contributed by atoms with Gasteiger partial charge in [0.05, 0.1) is 6.10 Å². The van der Waals surface area contributed by atoms with Gasteiger partial charge in [-0.3, -0.25) is 0 Å². The van der Waals surface area contributed by atoms with E-state index in [1.165, 1.54) is 0 Å². The van der Waals surface area contributed by atoms with Gasteiger partial charge in [-0.15, -0.1) is 0 Å². The van der Waals surface area contributed by atoms with Gasteiger partial charge in [0, 0.05) is 24.0 Å². The molecule has 1 aliphatic heterocycles. The molecule has 3 atom stereocenters. The SMILES string of the molecule is CC1OCCC1(N)CC1(C)CC1(F)F. The Morgan fingerprint density at radius 1 is 1.50 bits per heavy atom. The summed E-state index contributed by atoms with van der Waals surface area (Å²) in [4.78, 5) is 0. The van der Waals surface area contributed by atoms with Crippen molar-refractivity contribution in [3.63, 3.8) is 0 Å². The van der Waals surface area contributed by atoms with Crippen LogP contribution in [0.15, 0.2) is 0 Å². The zero-order valence-electron chi connectivity index (χ0n) is 8.65. The van der Waals surface area contributed by atoms with Crippen molar-refractivity contribution in [1.82, 2.24) is 0 Å². The summed E-state index contributed by atoms with van der Waals surface area (Å²) in [5.74, 6) is -2.51. The summed E-state index contributed by atoms with van der Waals surface area (Å²) in [6.07, 6.45) is 0.940. The third kappa shape index (κ3) is 1.36. The van der Waals surface area contributed by atoms with Crippen molar-refractivity contribution in [3.8, 4) is 0 Å². The molecule has 0 amide bonds. The second-order valence-electron chi connectivity index (χ2n) is 5.11. The van der Waals surface area contributed by atoms with Crippen molar-refractivity contribution in [2.75, 3.05) is 6.61 Å². The smallest absolute Gasteiger partial charge is 0.254 e. The average Bonchev–Trinajstić information content (AvgIpc) is 2.32. The van der Waals surface area contributed by atoms with Crippen LogP contribution in [0, 0.1) is 5.41 Å². The van der Waals surface area contributed by atoms with Crippen LogP contribution < -0.4 is 5.73 Å². The third-order valence-electron chi connectivity index (χ3n) is 3.83. The zero-order valence-corrected chi connectivity index (χ0v) is 8.65. The number of hydrogen-bond donors (Lipinski definition) is 1. The Labute approximate surface area is 82.8 Å². The molecule has 0 spiro atoms. The summed E-state index contributed by atoms with van der Waals surface area (Å²) in [5.41, 5.74) is 4.66. The number of hydrogen-bond acceptors (Lipinski definition) is 2. The lowest BCUT2D eigenvalue weighted by Gasteiger charge is -2.30. The normalized spacial score (nSPS) is 50.8. The van der Waals surface area contributed by atoms with Crippen molar-refractivity contribution < 1.29 is 13.5 Å². The first-order valence-corrected chi connectivity index (χ1v) is 5.07. The molecule has 0 radical (unpaired) electrons. The van der Waals surface area contributed by atoms with E-state index in [1.54, 1.807) is 6.92 Å². The van der Waals surface area contributed by atoms with E-state index in [2.05, 4.69) is 0 Å². The lowest BCUT2D eigenvalue weighted by molar-refractivity contribution is 0.0418. The van der Waals surface area contributed by atoms with Crippen LogP contribution in [-0.4, -0.2) is 24.2 Å². The van der Waals surface area contributed by atoms with Crippen LogP contribution in [0.4, 0.5) is 8.78 Å². The number of halogens is 2. The van der Waals surface area contributed by atoms with Gasteiger partial charge in [0.25, 0.3) is 5.92 Å². The molecule has 2 rings (SSSR count). The molecule has 4 heteroatoms. The Morgan fingerprint density at radius 3 is 2.43 bits per heavy atom. The summed E-state index contributed by atoms with van der Waals surface area (Å²) >= 11 is 0. The first kappa shape index (κ1) is 10.3. The number of ether oxygens (including phenoxy) is 1. The predicted molar refractivity (Wildman–Crippen MR) is 49.2 cm³/mol. The minimum atomic E-state index is -2.51. The molecule has 0 bridgehead atoms. The van der Waals surface area contributed by atoms with Gasteiger partial charge in [0.15, 0.2) is 0 Å². The topological polar surface area (TPSA) is 35.2 Å². The monoisotopic (exact) mass is 205 g/mol. The molecule has 0 aromatic carbocycles. The van der Waals surface area contributed by atoms with Crippen molar-refractivity contribution in [1.29, 1.82) is 0 Å². The van der Waals surface area contributed by atoms with E-state index in [4.69, 9.17) is 10.5 Å². The molecule has 2 N–H and O–H groups in total. The summed E-state index contributed by atoms with van der Waals surface area (Å²) in [6, 6.07) is 0. The van der Waals surface area contributed by atoms with E-state index in [0.717, 1.165) is 0 Å². The van der Waals surface area contributed by atoms with Crippen LogP contribution in [0.3, 0.4) is 0 Å². The number of alkyl halides is 2. The van der Waals surface area contributed by atoms with Crippen LogP contribution in [0.2, 0.25) is 0 Å². The van der Waals surface area contributed by atoms with E-state index in [9.17, 15) is 8.78 Å². The maximum absolute atomic E-state index is 13.0. The fourth-order valence-electron chi connectivity index (χ4n) is 2.39. The van der Waals surface area contributed by atoms with E-state index in [0.29, 0.717) is 19.4 Å². The molecular formula is C10H17F2NO. The minimum Gasteiger partial charge on any atom is -0.377 e. The largest absolute Gasteiger partial charge is 0.377 e. The molecule has 2 fully saturated rings. The molecule has 0 aromatic heterocycles. The van der Waals surface area contributed by atoms with Crippen LogP contribution in [0.1, 0.15) is 33.1 Å². The van der Waals surface area contributed by atoms with Gasteiger partial charge in [-0.25, -0.2) is 8.78 Å². The number of rotatable bonds is 2. The third-order valence-corrected chi connectivity index (χ3v) is 3.83. The molecule has 82 valence electrons.